The maximum Gasteiger partial charge on any atom is 0.257 e. The van der Waals surface area contributed by atoms with Crippen LogP contribution in [0.5, 0.6) is 0 Å². The van der Waals surface area contributed by atoms with Gasteiger partial charge < -0.3 is 8.83 Å². The van der Waals surface area contributed by atoms with Crippen molar-refractivity contribution in [3.8, 4) is 0 Å². The van der Waals surface area contributed by atoms with Gasteiger partial charge in [0, 0.05) is 17.8 Å². The van der Waals surface area contributed by atoms with E-state index in [1.165, 1.54) is 0 Å². The second kappa shape index (κ2) is 7.64. The molecule has 28 heavy (non-hydrogen) atoms. The zero-order chi connectivity index (χ0) is 19.7. The summed E-state index contributed by atoms with van der Waals surface area (Å²) in [5.74, 6) is 1.38. The third kappa shape index (κ3) is 3.47. The van der Waals surface area contributed by atoms with E-state index in [9.17, 15) is 4.79 Å². The lowest BCUT2D eigenvalue weighted by molar-refractivity contribution is -0.134. The number of carbonyl (C=O) groups is 1. The van der Waals surface area contributed by atoms with E-state index in [4.69, 9.17) is 8.83 Å². The first-order valence-corrected chi connectivity index (χ1v) is 9.69. The molecule has 0 fully saturated rings. The van der Waals surface area contributed by atoms with Crippen molar-refractivity contribution in [2.75, 3.05) is 13.6 Å². The van der Waals surface area contributed by atoms with E-state index >= 15 is 0 Å². The number of para-hydroxylation sites is 1. The van der Waals surface area contributed by atoms with E-state index in [0.29, 0.717) is 24.8 Å². The zero-order valence-corrected chi connectivity index (χ0v) is 16.5. The number of benzene rings is 1. The summed E-state index contributed by atoms with van der Waals surface area (Å²) in [6.07, 6.45) is 3.17. The summed E-state index contributed by atoms with van der Waals surface area (Å²) in [6, 6.07) is 13.6. The molecule has 146 valence electrons. The number of nitrogens with zero attached hydrogens (tertiary/aromatic N) is 3. The number of carbonyl (C=O) groups excluding carboxylic acids is 1. The van der Waals surface area contributed by atoms with Crippen molar-refractivity contribution in [1.29, 1.82) is 0 Å². The lowest BCUT2D eigenvalue weighted by Crippen LogP contribution is -2.39. The number of hydrazone groups is 1. The predicted molar refractivity (Wildman–Crippen MR) is 108 cm³/mol. The minimum atomic E-state index is -0.254. The summed E-state index contributed by atoms with van der Waals surface area (Å²) in [4.78, 5) is 15.1. The van der Waals surface area contributed by atoms with Crippen LogP contribution >= 0.6 is 0 Å². The Bertz CT molecular complexity index is 957. The summed E-state index contributed by atoms with van der Waals surface area (Å²) >= 11 is 0. The molecular formula is C22H25N3O3. The molecule has 1 aromatic carbocycles. The predicted octanol–water partition coefficient (Wildman–Crippen LogP) is 4.43. The average Bonchev–Trinajstić information content (AvgIpc) is 3.44. The molecule has 1 amide bonds. The average molecular weight is 379 g/mol. The number of fused-ring (bicyclic) bond motifs is 1. The molecule has 0 bridgehead atoms. The zero-order valence-electron chi connectivity index (χ0n) is 16.5. The van der Waals surface area contributed by atoms with Gasteiger partial charge in [0.15, 0.2) is 5.76 Å². The fourth-order valence-electron chi connectivity index (χ4n) is 3.47. The highest BCUT2D eigenvalue weighted by molar-refractivity contribution is 6.03. The maximum absolute atomic E-state index is 13.0. The van der Waals surface area contributed by atoms with Crippen LogP contribution in [0.2, 0.25) is 0 Å². The lowest BCUT2D eigenvalue weighted by atomic mass is 10.1. The Morgan fingerprint density at radius 3 is 2.86 bits per heavy atom. The van der Waals surface area contributed by atoms with Gasteiger partial charge in [-0.05, 0) is 44.7 Å². The number of amides is 1. The lowest BCUT2D eigenvalue weighted by Gasteiger charge is -2.26. The molecule has 1 aliphatic heterocycles. The van der Waals surface area contributed by atoms with Gasteiger partial charge in [-0.1, -0.05) is 25.1 Å². The first-order valence-electron chi connectivity index (χ1n) is 9.69. The minimum Gasteiger partial charge on any atom is -0.467 e. The van der Waals surface area contributed by atoms with Gasteiger partial charge in [0.1, 0.15) is 23.1 Å². The number of likely N-dealkylation sites (N-methyl/N-ethyl adjacent to an activating group) is 1. The summed E-state index contributed by atoms with van der Waals surface area (Å²) in [5.41, 5.74) is 1.58. The number of furan rings is 2. The molecule has 2 atom stereocenters. The Labute approximate surface area is 164 Å². The molecule has 6 heteroatoms. The van der Waals surface area contributed by atoms with Crippen LogP contribution < -0.4 is 0 Å². The molecular weight excluding hydrogens is 354 g/mol. The second-order valence-corrected chi connectivity index (χ2v) is 7.34. The highest BCUT2D eigenvalue weighted by atomic mass is 16.3. The minimum absolute atomic E-state index is 0.0460. The van der Waals surface area contributed by atoms with Crippen molar-refractivity contribution < 1.29 is 13.6 Å². The van der Waals surface area contributed by atoms with Crippen molar-refractivity contribution in [2.45, 2.75) is 38.8 Å². The molecule has 0 radical (unpaired) electrons. The summed E-state index contributed by atoms with van der Waals surface area (Å²) in [7, 11) is 1.97. The van der Waals surface area contributed by atoms with Crippen molar-refractivity contribution in [3.05, 3.63) is 60.2 Å². The third-order valence-electron chi connectivity index (χ3n) is 5.48. The largest absolute Gasteiger partial charge is 0.467 e. The molecule has 2 unspecified atom stereocenters. The van der Waals surface area contributed by atoms with E-state index in [-0.39, 0.29) is 11.9 Å². The van der Waals surface area contributed by atoms with Crippen LogP contribution in [0.15, 0.2) is 62.7 Å². The number of hydrogen-bond donors (Lipinski definition) is 0. The maximum atomic E-state index is 13.0. The third-order valence-corrected chi connectivity index (χ3v) is 5.48. The molecule has 0 aliphatic carbocycles. The van der Waals surface area contributed by atoms with Gasteiger partial charge in [0.25, 0.3) is 5.91 Å². The van der Waals surface area contributed by atoms with Crippen LogP contribution in [0.4, 0.5) is 0 Å². The number of rotatable bonds is 6. The van der Waals surface area contributed by atoms with E-state index in [2.05, 4.69) is 23.8 Å². The topological polar surface area (TPSA) is 62.2 Å². The fraction of sp³-hybridized carbons (Fsp3) is 0.364. The highest BCUT2D eigenvalue weighted by Gasteiger charge is 2.36. The molecule has 0 N–H and O–H groups in total. The van der Waals surface area contributed by atoms with Gasteiger partial charge in [0.05, 0.1) is 12.8 Å². The molecule has 6 nitrogen and oxygen atoms in total. The fourth-order valence-corrected chi connectivity index (χ4v) is 3.47. The van der Waals surface area contributed by atoms with E-state index in [1.54, 1.807) is 11.3 Å². The van der Waals surface area contributed by atoms with Crippen LogP contribution in [-0.2, 0) is 4.79 Å². The molecule has 0 saturated heterocycles. The Balaban J connectivity index is 1.63. The van der Waals surface area contributed by atoms with Crippen molar-refractivity contribution in [1.82, 2.24) is 9.91 Å². The van der Waals surface area contributed by atoms with Gasteiger partial charge in [-0.25, -0.2) is 5.01 Å². The summed E-state index contributed by atoms with van der Waals surface area (Å²) in [5, 5.41) is 7.23. The van der Waals surface area contributed by atoms with Gasteiger partial charge >= 0.3 is 0 Å². The van der Waals surface area contributed by atoms with Crippen molar-refractivity contribution in [3.63, 3.8) is 0 Å². The molecule has 0 spiro atoms. The van der Waals surface area contributed by atoms with Gasteiger partial charge in [-0.3, -0.25) is 9.69 Å². The van der Waals surface area contributed by atoms with Crippen LogP contribution in [0.3, 0.4) is 0 Å². The standard InChI is InChI=1S/C22H25N3O3/c1-4-15(2)24(3)14-22(26)25-18(20-10-7-11-27-20)13-17(23-25)21-12-16-8-5-6-9-19(16)28-21/h5-12,15,18H,4,13-14H2,1-3H3. The SMILES string of the molecule is CCC(C)N(C)CC(=O)N1N=C(c2cc3ccccc3o2)CC1c1ccco1. The second-order valence-electron chi connectivity index (χ2n) is 7.34. The summed E-state index contributed by atoms with van der Waals surface area (Å²) < 4.78 is 11.6. The van der Waals surface area contributed by atoms with Crippen LogP contribution in [0, 0.1) is 0 Å². The first kappa shape index (κ1) is 18.5. The molecule has 3 aromatic rings. The first-order chi connectivity index (χ1) is 13.6. The molecule has 3 heterocycles. The van der Waals surface area contributed by atoms with Crippen LogP contribution in [0.25, 0.3) is 11.0 Å². The van der Waals surface area contributed by atoms with Gasteiger partial charge in [0.2, 0.25) is 0 Å². The monoisotopic (exact) mass is 379 g/mol. The molecule has 4 rings (SSSR count). The van der Waals surface area contributed by atoms with E-state index < -0.39 is 0 Å². The van der Waals surface area contributed by atoms with Crippen LogP contribution in [-0.4, -0.2) is 41.2 Å². The Morgan fingerprint density at radius 2 is 2.14 bits per heavy atom. The molecule has 0 saturated carbocycles. The van der Waals surface area contributed by atoms with Gasteiger partial charge in [-0.15, -0.1) is 0 Å². The molecule has 1 aliphatic rings. The Hall–Kier alpha value is -2.86. The molecule has 2 aromatic heterocycles. The van der Waals surface area contributed by atoms with Crippen molar-refractivity contribution in [2.24, 2.45) is 5.10 Å². The van der Waals surface area contributed by atoms with E-state index in [0.717, 1.165) is 28.9 Å². The highest BCUT2D eigenvalue weighted by Crippen LogP contribution is 2.34. The van der Waals surface area contributed by atoms with Crippen molar-refractivity contribution >= 4 is 22.6 Å². The smallest absolute Gasteiger partial charge is 0.257 e. The van der Waals surface area contributed by atoms with Crippen LogP contribution in [0.1, 0.15) is 44.3 Å². The summed E-state index contributed by atoms with van der Waals surface area (Å²) in [6.45, 7) is 4.54. The normalized spacial score (nSPS) is 18.1. The Kier molecular flexibility index (Phi) is 5.05. The van der Waals surface area contributed by atoms with Gasteiger partial charge in [-0.2, -0.15) is 5.10 Å². The number of hydrogen-bond acceptors (Lipinski definition) is 5. The Morgan fingerprint density at radius 1 is 1.32 bits per heavy atom. The van der Waals surface area contributed by atoms with E-state index in [1.807, 2.05) is 49.5 Å². The quantitative estimate of drug-likeness (QED) is 0.635.